The molecule has 1 heterocycles. The molecule has 3 aromatic rings. The van der Waals surface area contributed by atoms with Crippen molar-refractivity contribution in [3.63, 3.8) is 0 Å². The number of benzene rings is 2. The minimum absolute atomic E-state index is 0.0464. The molecule has 0 fully saturated rings. The van der Waals surface area contributed by atoms with Crippen molar-refractivity contribution in [1.29, 1.82) is 0 Å². The fraction of sp³-hybridized carbons (Fsp3) is 0.167. The Hall–Kier alpha value is -2.45. The first-order valence-electron chi connectivity index (χ1n) is 7.94. The van der Waals surface area contributed by atoms with E-state index in [1.165, 1.54) is 35.2 Å². The van der Waals surface area contributed by atoms with Crippen LogP contribution >= 0.6 is 23.1 Å². The van der Waals surface area contributed by atoms with Crippen LogP contribution in [0.15, 0.2) is 58.9 Å². The third-order valence-electron chi connectivity index (χ3n) is 3.42. The lowest BCUT2D eigenvalue weighted by molar-refractivity contribution is -0.118. The van der Waals surface area contributed by atoms with Gasteiger partial charge < -0.3 is 10.6 Å². The summed E-state index contributed by atoms with van der Waals surface area (Å²) in [6.45, 7) is 1.05. The molecule has 1 aromatic heterocycles. The van der Waals surface area contributed by atoms with Crippen LogP contribution in [0.1, 0.15) is 11.1 Å². The molecule has 8 heteroatoms. The third kappa shape index (κ3) is 5.82. The summed E-state index contributed by atoms with van der Waals surface area (Å²) in [6.07, 6.45) is 0. The fourth-order valence-corrected chi connectivity index (χ4v) is 3.67. The zero-order chi connectivity index (χ0) is 18.2. The molecule has 134 valence electrons. The van der Waals surface area contributed by atoms with E-state index in [0.717, 1.165) is 15.5 Å². The highest BCUT2D eigenvalue weighted by Crippen LogP contribution is 2.25. The molecular weight excluding hydrogens is 371 g/mol. The monoisotopic (exact) mass is 388 g/mol. The second-order valence-electron chi connectivity index (χ2n) is 5.40. The van der Waals surface area contributed by atoms with Crippen LogP contribution < -0.4 is 10.6 Å². The van der Waals surface area contributed by atoms with E-state index in [1.807, 2.05) is 30.3 Å². The molecule has 2 N–H and O–H groups in total. The van der Waals surface area contributed by atoms with E-state index in [9.17, 15) is 9.18 Å². The van der Waals surface area contributed by atoms with Crippen LogP contribution in [0.4, 0.5) is 9.52 Å². The summed E-state index contributed by atoms with van der Waals surface area (Å²) in [6, 6.07) is 16.0. The van der Waals surface area contributed by atoms with Gasteiger partial charge in [-0.15, -0.1) is 10.2 Å². The standard InChI is InChI=1S/C18H17FN4OS2/c19-15-8-6-14(7-9-15)11-21-17-22-23-18(26-17)25-12-16(24)20-10-13-4-2-1-3-5-13/h1-9H,10-12H2,(H,20,24)(H,21,22). The van der Waals surface area contributed by atoms with Crippen molar-refractivity contribution >= 4 is 34.1 Å². The molecule has 0 saturated heterocycles. The summed E-state index contributed by atoms with van der Waals surface area (Å²) in [5.41, 5.74) is 2.02. The number of anilines is 1. The van der Waals surface area contributed by atoms with Crippen molar-refractivity contribution in [2.24, 2.45) is 0 Å². The van der Waals surface area contributed by atoms with E-state index in [0.29, 0.717) is 24.0 Å². The highest BCUT2D eigenvalue weighted by molar-refractivity contribution is 8.01. The van der Waals surface area contributed by atoms with E-state index in [-0.39, 0.29) is 11.7 Å². The molecule has 0 aliphatic carbocycles. The predicted molar refractivity (Wildman–Crippen MR) is 103 cm³/mol. The molecule has 2 aromatic carbocycles. The van der Waals surface area contributed by atoms with Crippen LogP contribution in [-0.4, -0.2) is 21.9 Å². The van der Waals surface area contributed by atoms with E-state index < -0.39 is 0 Å². The van der Waals surface area contributed by atoms with E-state index in [1.54, 1.807) is 12.1 Å². The van der Waals surface area contributed by atoms with Gasteiger partial charge in [0.25, 0.3) is 0 Å². The molecule has 1 amide bonds. The molecule has 3 rings (SSSR count). The zero-order valence-electron chi connectivity index (χ0n) is 13.8. The first kappa shape index (κ1) is 18.3. The highest BCUT2D eigenvalue weighted by atomic mass is 32.2. The maximum absolute atomic E-state index is 12.9. The van der Waals surface area contributed by atoms with Crippen LogP contribution in [0, 0.1) is 5.82 Å². The second kappa shape index (κ2) is 9.30. The summed E-state index contributed by atoms with van der Waals surface area (Å²) < 4.78 is 13.6. The van der Waals surface area contributed by atoms with Crippen LogP contribution in [0.5, 0.6) is 0 Å². The average molecular weight is 388 g/mol. The first-order chi connectivity index (χ1) is 12.7. The number of carbonyl (C=O) groups excluding carboxylic acids is 1. The number of hydrogen-bond acceptors (Lipinski definition) is 6. The molecule has 0 atom stereocenters. The van der Waals surface area contributed by atoms with Crippen molar-refractivity contribution in [2.75, 3.05) is 11.1 Å². The molecule has 0 saturated carbocycles. The third-order valence-corrected chi connectivity index (χ3v) is 5.44. The van der Waals surface area contributed by atoms with Gasteiger partial charge in [-0.1, -0.05) is 65.6 Å². The normalized spacial score (nSPS) is 10.5. The predicted octanol–water partition coefficient (Wildman–Crippen LogP) is 3.70. The lowest BCUT2D eigenvalue weighted by atomic mass is 10.2. The number of rotatable bonds is 8. The maximum Gasteiger partial charge on any atom is 0.230 e. The van der Waals surface area contributed by atoms with Crippen molar-refractivity contribution in [3.8, 4) is 0 Å². The summed E-state index contributed by atoms with van der Waals surface area (Å²) in [4.78, 5) is 11.9. The lowest BCUT2D eigenvalue weighted by Gasteiger charge is -2.04. The van der Waals surface area contributed by atoms with Gasteiger partial charge in [0.05, 0.1) is 5.75 Å². The van der Waals surface area contributed by atoms with Crippen LogP contribution in [-0.2, 0) is 17.9 Å². The molecule has 0 radical (unpaired) electrons. The molecule has 0 unspecified atom stereocenters. The minimum Gasteiger partial charge on any atom is -0.356 e. The number of nitrogens with zero attached hydrogens (tertiary/aromatic N) is 2. The van der Waals surface area contributed by atoms with Crippen LogP contribution in [0.2, 0.25) is 0 Å². The van der Waals surface area contributed by atoms with Crippen molar-refractivity contribution in [3.05, 3.63) is 71.5 Å². The van der Waals surface area contributed by atoms with Gasteiger partial charge in [0.2, 0.25) is 11.0 Å². The number of hydrogen-bond donors (Lipinski definition) is 2. The van der Waals surface area contributed by atoms with Crippen molar-refractivity contribution in [2.45, 2.75) is 17.4 Å². The van der Waals surface area contributed by atoms with Gasteiger partial charge in [-0.2, -0.15) is 0 Å². The van der Waals surface area contributed by atoms with E-state index >= 15 is 0 Å². The summed E-state index contributed by atoms with van der Waals surface area (Å²) in [5.74, 6) is -0.0110. The van der Waals surface area contributed by atoms with Gasteiger partial charge in [0.1, 0.15) is 5.82 Å². The Labute approximate surface area is 159 Å². The minimum atomic E-state index is -0.256. The lowest BCUT2D eigenvalue weighted by Crippen LogP contribution is -2.24. The average Bonchev–Trinajstić information content (AvgIpc) is 3.13. The SMILES string of the molecule is O=C(CSc1nnc(NCc2ccc(F)cc2)s1)NCc1ccccc1. The maximum atomic E-state index is 12.9. The Bertz CT molecular complexity index is 840. The zero-order valence-corrected chi connectivity index (χ0v) is 15.4. The Kier molecular flexibility index (Phi) is 6.56. The number of thioether (sulfide) groups is 1. The molecule has 0 aliphatic rings. The van der Waals surface area contributed by atoms with Gasteiger partial charge in [-0.05, 0) is 23.3 Å². The molecular formula is C18H17FN4OS2. The Balaban J connectivity index is 1.40. The second-order valence-corrected chi connectivity index (χ2v) is 7.60. The topological polar surface area (TPSA) is 66.9 Å². The first-order valence-corrected chi connectivity index (χ1v) is 9.74. The van der Waals surface area contributed by atoms with Gasteiger partial charge in [-0.25, -0.2) is 4.39 Å². The number of halogens is 1. The van der Waals surface area contributed by atoms with Crippen molar-refractivity contribution < 1.29 is 9.18 Å². The van der Waals surface area contributed by atoms with Gasteiger partial charge >= 0.3 is 0 Å². The molecule has 26 heavy (non-hydrogen) atoms. The Morgan fingerprint density at radius 1 is 1.00 bits per heavy atom. The smallest absolute Gasteiger partial charge is 0.230 e. The molecule has 0 aliphatic heterocycles. The molecule has 0 spiro atoms. The van der Waals surface area contributed by atoms with Crippen molar-refractivity contribution in [1.82, 2.24) is 15.5 Å². The Morgan fingerprint density at radius 3 is 2.50 bits per heavy atom. The highest BCUT2D eigenvalue weighted by Gasteiger charge is 2.08. The van der Waals surface area contributed by atoms with Gasteiger partial charge in [0.15, 0.2) is 4.34 Å². The van der Waals surface area contributed by atoms with Gasteiger partial charge in [-0.3, -0.25) is 4.79 Å². The quantitative estimate of drug-likeness (QED) is 0.576. The van der Waals surface area contributed by atoms with Crippen LogP contribution in [0.3, 0.4) is 0 Å². The fourth-order valence-electron chi connectivity index (χ4n) is 2.09. The molecule has 5 nitrogen and oxygen atoms in total. The number of amides is 1. The van der Waals surface area contributed by atoms with E-state index in [4.69, 9.17) is 0 Å². The largest absolute Gasteiger partial charge is 0.356 e. The van der Waals surface area contributed by atoms with Gasteiger partial charge in [0, 0.05) is 13.1 Å². The number of aromatic nitrogens is 2. The van der Waals surface area contributed by atoms with Crippen LogP contribution in [0.25, 0.3) is 0 Å². The van der Waals surface area contributed by atoms with E-state index in [2.05, 4.69) is 20.8 Å². The Morgan fingerprint density at radius 2 is 1.73 bits per heavy atom. The summed E-state index contributed by atoms with van der Waals surface area (Å²) in [7, 11) is 0. The number of carbonyl (C=O) groups is 1. The number of nitrogens with one attached hydrogen (secondary N) is 2. The molecule has 0 bridgehead atoms. The summed E-state index contributed by atoms with van der Waals surface area (Å²) in [5, 5.41) is 14.8. The summed E-state index contributed by atoms with van der Waals surface area (Å²) >= 11 is 2.74.